The molecule has 0 saturated heterocycles. The van der Waals surface area contributed by atoms with Crippen molar-refractivity contribution >= 4 is 17.1 Å². The molecule has 0 bridgehead atoms. The first kappa shape index (κ1) is 33.9. The van der Waals surface area contributed by atoms with E-state index in [0.29, 0.717) is 0 Å². The Balaban J connectivity index is 1.11. The molecule has 12 rings (SSSR count). The number of anilines is 3. The van der Waals surface area contributed by atoms with Crippen LogP contribution in [-0.4, -0.2) is 0 Å². The summed E-state index contributed by atoms with van der Waals surface area (Å²) in [5, 5.41) is 0. The fourth-order valence-electron chi connectivity index (χ4n) is 10.9. The molecule has 3 aliphatic carbocycles. The van der Waals surface area contributed by atoms with Crippen LogP contribution in [0.4, 0.5) is 17.1 Å². The zero-order valence-electron chi connectivity index (χ0n) is 33.2. The van der Waals surface area contributed by atoms with Gasteiger partial charge in [-0.05, 0) is 125 Å². The van der Waals surface area contributed by atoms with Crippen molar-refractivity contribution in [1.82, 2.24) is 0 Å². The highest BCUT2D eigenvalue weighted by molar-refractivity contribution is 5.97. The molecule has 3 aliphatic rings. The largest absolute Gasteiger partial charge is 0.310 e. The molecule has 0 fully saturated rings. The normalized spacial score (nSPS) is 14.2. The lowest BCUT2D eigenvalue weighted by molar-refractivity contribution is 0.660. The standard InChI is InChI=1S/C58H41N/c1-57(2)51-25-13-9-21-44(51)48-33-30-42(37-56(48)57)59(40-29-32-43(38-17-5-3-6-18-38)49(35-40)39-19-7-4-8-20-39)41-31-34-55-50(36-41)47-24-12-16-28-54(47)58(55)52-26-14-10-22-45(52)46-23-11-15-27-53(46)58/h3-37H,1-2H3. The van der Waals surface area contributed by atoms with Crippen molar-refractivity contribution in [2.45, 2.75) is 24.7 Å². The van der Waals surface area contributed by atoms with Gasteiger partial charge in [-0.15, -0.1) is 0 Å². The maximum Gasteiger partial charge on any atom is 0.0725 e. The van der Waals surface area contributed by atoms with Gasteiger partial charge in [0.15, 0.2) is 0 Å². The minimum absolute atomic E-state index is 0.132. The van der Waals surface area contributed by atoms with E-state index in [1.54, 1.807) is 0 Å². The van der Waals surface area contributed by atoms with E-state index in [-0.39, 0.29) is 10.8 Å². The average Bonchev–Trinajstić information content (AvgIpc) is 3.85. The summed E-state index contributed by atoms with van der Waals surface area (Å²) in [6.45, 7) is 4.74. The molecule has 1 spiro atoms. The zero-order valence-corrected chi connectivity index (χ0v) is 33.2. The number of hydrogen-bond acceptors (Lipinski definition) is 1. The highest BCUT2D eigenvalue weighted by Crippen LogP contribution is 2.63. The van der Waals surface area contributed by atoms with E-state index in [0.717, 1.165) is 17.1 Å². The molecule has 0 aromatic heterocycles. The molecule has 0 aliphatic heterocycles. The lowest BCUT2D eigenvalue weighted by Crippen LogP contribution is -2.25. The molecule has 0 heterocycles. The maximum atomic E-state index is 2.49. The second-order valence-corrected chi connectivity index (χ2v) is 16.8. The molecule has 0 unspecified atom stereocenters. The van der Waals surface area contributed by atoms with Crippen LogP contribution in [0.15, 0.2) is 212 Å². The maximum absolute atomic E-state index is 2.49. The van der Waals surface area contributed by atoms with Gasteiger partial charge in [-0.1, -0.05) is 190 Å². The molecular formula is C58H41N. The van der Waals surface area contributed by atoms with Gasteiger partial charge in [-0.2, -0.15) is 0 Å². The number of hydrogen-bond donors (Lipinski definition) is 0. The Bertz CT molecular complexity index is 3090. The summed E-state index contributed by atoms with van der Waals surface area (Å²) in [6.07, 6.45) is 0. The number of rotatable bonds is 5. The molecule has 9 aromatic rings. The molecule has 0 radical (unpaired) electrons. The van der Waals surface area contributed by atoms with Crippen LogP contribution in [0.1, 0.15) is 47.2 Å². The highest BCUT2D eigenvalue weighted by Gasteiger charge is 2.51. The van der Waals surface area contributed by atoms with E-state index in [2.05, 4.69) is 231 Å². The third-order valence-corrected chi connectivity index (χ3v) is 13.5. The third kappa shape index (κ3) is 4.73. The van der Waals surface area contributed by atoms with Gasteiger partial charge in [-0.3, -0.25) is 0 Å². The number of fused-ring (bicyclic) bond motifs is 13. The lowest BCUT2D eigenvalue weighted by Gasteiger charge is -2.31. The minimum Gasteiger partial charge on any atom is -0.310 e. The van der Waals surface area contributed by atoms with Crippen LogP contribution in [0.3, 0.4) is 0 Å². The minimum atomic E-state index is -0.385. The van der Waals surface area contributed by atoms with Crippen molar-refractivity contribution in [3.8, 4) is 55.6 Å². The van der Waals surface area contributed by atoms with Crippen molar-refractivity contribution in [2.75, 3.05) is 4.90 Å². The summed E-state index contributed by atoms with van der Waals surface area (Å²) >= 11 is 0. The van der Waals surface area contributed by atoms with Gasteiger partial charge in [0.05, 0.1) is 5.41 Å². The van der Waals surface area contributed by atoms with Crippen LogP contribution in [-0.2, 0) is 10.8 Å². The molecule has 1 heteroatoms. The molecular weight excluding hydrogens is 711 g/mol. The van der Waals surface area contributed by atoms with E-state index < -0.39 is 0 Å². The summed E-state index contributed by atoms with van der Waals surface area (Å²) in [6, 6.07) is 79.2. The molecule has 0 atom stereocenters. The first-order valence-corrected chi connectivity index (χ1v) is 20.8. The van der Waals surface area contributed by atoms with Crippen molar-refractivity contribution in [3.63, 3.8) is 0 Å². The summed E-state index contributed by atoms with van der Waals surface area (Å²) in [5.41, 5.74) is 23.8. The molecule has 0 N–H and O–H groups in total. The summed E-state index contributed by atoms with van der Waals surface area (Å²) < 4.78 is 0. The van der Waals surface area contributed by atoms with Gasteiger partial charge in [0, 0.05) is 22.5 Å². The molecule has 278 valence electrons. The first-order chi connectivity index (χ1) is 29.0. The number of nitrogens with zero attached hydrogens (tertiary/aromatic N) is 1. The van der Waals surface area contributed by atoms with Crippen LogP contribution in [0.5, 0.6) is 0 Å². The van der Waals surface area contributed by atoms with E-state index in [1.165, 1.54) is 89.0 Å². The Morgan fingerprint density at radius 1 is 0.271 bits per heavy atom. The zero-order chi connectivity index (χ0) is 39.3. The summed E-state index contributed by atoms with van der Waals surface area (Å²) in [5.74, 6) is 0. The fraction of sp³-hybridized carbons (Fsp3) is 0.0690. The van der Waals surface area contributed by atoms with Crippen molar-refractivity contribution in [3.05, 3.63) is 246 Å². The van der Waals surface area contributed by atoms with E-state index in [1.807, 2.05) is 0 Å². The van der Waals surface area contributed by atoms with Gasteiger partial charge >= 0.3 is 0 Å². The smallest absolute Gasteiger partial charge is 0.0725 e. The van der Waals surface area contributed by atoms with Crippen LogP contribution in [0.25, 0.3) is 55.6 Å². The Morgan fingerprint density at radius 3 is 1.22 bits per heavy atom. The Kier molecular flexibility index (Phi) is 7.26. The van der Waals surface area contributed by atoms with E-state index >= 15 is 0 Å². The van der Waals surface area contributed by atoms with E-state index in [4.69, 9.17) is 0 Å². The third-order valence-electron chi connectivity index (χ3n) is 13.5. The van der Waals surface area contributed by atoms with Gasteiger partial charge in [0.2, 0.25) is 0 Å². The fourth-order valence-corrected chi connectivity index (χ4v) is 10.9. The summed E-state index contributed by atoms with van der Waals surface area (Å²) in [4.78, 5) is 2.49. The van der Waals surface area contributed by atoms with Crippen molar-refractivity contribution < 1.29 is 0 Å². The van der Waals surface area contributed by atoms with Crippen molar-refractivity contribution in [1.29, 1.82) is 0 Å². The predicted octanol–water partition coefficient (Wildman–Crippen LogP) is 15.1. The number of benzene rings is 9. The van der Waals surface area contributed by atoms with Crippen LogP contribution < -0.4 is 4.90 Å². The second kappa shape index (κ2) is 12.6. The molecule has 1 nitrogen and oxygen atoms in total. The quantitative estimate of drug-likeness (QED) is 0.169. The SMILES string of the molecule is CC1(C)c2ccccc2-c2ccc(N(c3ccc(-c4ccccc4)c(-c4ccccc4)c3)c3ccc4c(c3)-c3ccccc3C43c4ccccc4-c4ccccc43)cc21. The Morgan fingerprint density at radius 2 is 0.644 bits per heavy atom. The topological polar surface area (TPSA) is 3.24 Å². The van der Waals surface area contributed by atoms with E-state index in [9.17, 15) is 0 Å². The molecule has 9 aromatic carbocycles. The predicted molar refractivity (Wildman–Crippen MR) is 246 cm³/mol. The Hall–Kier alpha value is -7.22. The molecule has 0 amide bonds. The summed E-state index contributed by atoms with van der Waals surface area (Å²) in [7, 11) is 0. The van der Waals surface area contributed by atoms with Crippen LogP contribution in [0.2, 0.25) is 0 Å². The highest BCUT2D eigenvalue weighted by atomic mass is 15.1. The van der Waals surface area contributed by atoms with Gasteiger partial charge in [0.1, 0.15) is 0 Å². The second-order valence-electron chi connectivity index (χ2n) is 16.8. The van der Waals surface area contributed by atoms with Crippen molar-refractivity contribution in [2.24, 2.45) is 0 Å². The molecule has 0 saturated carbocycles. The van der Waals surface area contributed by atoms with Gasteiger partial charge in [0.25, 0.3) is 0 Å². The lowest BCUT2D eigenvalue weighted by atomic mass is 9.70. The first-order valence-electron chi connectivity index (χ1n) is 20.8. The van der Waals surface area contributed by atoms with Gasteiger partial charge < -0.3 is 4.90 Å². The Labute approximate surface area is 346 Å². The monoisotopic (exact) mass is 751 g/mol. The van der Waals surface area contributed by atoms with Crippen LogP contribution >= 0.6 is 0 Å². The molecule has 59 heavy (non-hydrogen) atoms. The van der Waals surface area contributed by atoms with Gasteiger partial charge in [-0.25, -0.2) is 0 Å². The van der Waals surface area contributed by atoms with Crippen LogP contribution in [0, 0.1) is 0 Å². The average molecular weight is 752 g/mol.